The lowest BCUT2D eigenvalue weighted by molar-refractivity contribution is 0.0967. The van der Waals surface area contributed by atoms with E-state index in [1.807, 2.05) is 21.6 Å². The lowest BCUT2D eigenvalue weighted by atomic mass is 9.83. The third kappa shape index (κ3) is 3.85. The van der Waals surface area contributed by atoms with Crippen LogP contribution in [0.5, 0.6) is 11.5 Å². The van der Waals surface area contributed by atoms with Gasteiger partial charge in [0.2, 0.25) is 0 Å². The molecular formula is C21H23N3O4S. The molecule has 1 fully saturated rings. The molecule has 2 aliphatic rings. The number of thiocarbonyl (C=S) groups is 1. The highest BCUT2D eigenvalue weighted by molar-refractivity contribution is 7.80. The number of carbonyl (C=O) groups excluding carboxylic acids is 1. The highest BCUT2D eigenvalue weighted by atomic mass is 32.1. The minimum atomic E-state index is -0.306. The summed E-state index contributed by atoms with van der Waals surface area (Å²) in [5, 5.41) is 3.23. The summed E-state index contributed by atoms with van der Waals surface area (Å²) in [7, 11) is 3.08. The number of hydrogen-bond acceptors (Lipinski definition) is 5. The predicted octanol–water partition coefficient (Wildman–Crippen LogP) is 2.00. The van der Waals surface area contributed by atoms with Crippen LogP contribution in [0.25, 0.3) is 0 Å². The van der Waals surface area contributed by atoms with Gasteiger partial charge in [-0.15, -0.1) is 0 Å². The maximum absolute atomic E-state index is 12.7. The summed E-state index contributed by atoms with van der Waals surface area (Å²) in [6, 6.07) is 10.4. The van der Waals surface area contributed by atoms with Crippen molar-refractivity contribution in [2.45, 2.75) is 18.9 Å². The first-order chi connectivity index (χ1) is 14.0. The number of amides is 1. The van der Waals surface area contributed by atoms with Gasteiger partial charge >= 0.3 is 0 Å². The quantitative estimate of drug-likeness (QED) is 0.776. The summed E-state index contributed by atoms with van der Waals surface area (Å²) < 4.78 is 12.3. The first kappa shape index (κ1) is 19.4. The van der Waals surface area contributed by atoms with Crippen molar-refractivity contribution < 1.29 is 14.3 Å². The molecule has 0 unspecified atom stereocenters. The Labute approximate surface area is 174 Å². The molecule has 2 atom stereocenters. The molecule has 1 aromatic carbocycles. The molecule has 2 aromatic rings. The standard InChI is InChI=1S/C21H23N3O4S/c1-27-16-7-14(8-17(9-16)28-2)20(26)22-21(29)23-10-13-6-15(12-23)18-4-3-5-19(25)24(18)11-13/h3-5,7-9,13,15H,6,10-12H2,1-2H3,(H,22,26,29)/t13-,15-/m1/s1. The van der Waals surface area contributed by atoms with Gasteiger partial charge < -0.3 is 18.9 Å². The monoisotopic (exact) mass is 413 g/mol. The van der Waals surface area contributed by atoms with Gasteiger partial charge in [-0.05, 0) is 42.8 Å². The van der Waals surface area contributed by atoms with E-state index in [0.717, 1.165) is 18.7 Å². The number of likely N-dealkylation sites (tertiary alicyclic amines) is 1. The van der Waals surface area contributed by atoms with Crippen molar-refractivity contribution in [1.29, 1.82) is 0 Å². The van der Waals surface area contributed by atoms with Crippen LogP contribution in [0.4, 0.5) is 0 Å². The number of nitrogens with zero attached hydrogens (tertiary/aromatic N) is 2. The first-order valence-electron chi connectivity index (χ1n) is 9.51. The summed E-state index contributed by atoms with van der Waals surface area (Å²) in [5.41, 5.74) is 1.51. The molecule has 1 saturated heterocycles. The summed E-state index contributed by atoms with van der Waals surface area (Å²) >= 11 is 5.54. The zero-order valence-electron chi connectivity index (χ0n) is 16.4. The van der Waals surface area contributed by atoms with E-state index in [4.69, 9.17) is 21.7 Å². The number of ether oxygens (including phenoxy) is 2. The first-order valence-corrected chi connectivity index (χ1v) is 9.92. The second kappa shape index (κ2) is 7.87. The number of aromatic nitrogens is 1. The van der Waals surface area contributed by atoms with E-state index >= 15 is 0 Å². The Kier molecular flexibility index (Phi) is 5.27. The maximum atomic E-state index is 12.7. The molecule has 0 radical (unpaired) electrons. The van der Waals surface area contributed by atoms with Crippen molar-refractivity contribution in [3.8, 4) is 11.5 Å². The smallest absolute Gasteiger partial charge is 0.257 e. The van der Waals surface area contributed by atoms with Crippen molar-refractivity contribution in [2.24, 2.45) is 5.92 Å². The molecule has 2 aliphatic heterocycles. The number of piperidine rings is 1. The van der Waals surface area contributed by atoms with Gasteiger partial charge in [0.05, 0.1) is 14.2 Å². The van der Waals surface area contributed by atoms with Crippen LogP contribution < -0.4 is 20.3 Å². The highest BCUT2D eigenvalue weighted by Crippen LogP contribution is 2.35. The van der Waals surface area contributed by atoms with Crippen LogP contribution in [0.3, 0.4) is 0 Å². The van der Waals surface area contributed by atoms with Crippen molar-refractivity contribution in [3.63, 3.8) is 0 Å². The Morgan fingerprint density at radius 2 is 1.83 bits per heavy atom. The number of pyridine rings is 1. The van der Waals surface area contributed by atoms with E-state index in [9.17, 15) is 9.59 Å². The molecule has 4 rings (SSSR count). The average molecular weight is 413 g/mol. The molecule has 1 aromatic heterocycles. The number of rotatable bonds is 3. The van der Waals surface area contributed by atoms with E-state index in [2.05, 4.69) is 5.32 Å². The maximum Gasteiger partial charge on any atom is 0.257 e. The fourth-order valence-electron chi connectivity index (χ4n) is 4.25. The summed E-state index contributed by atoms with van der Waals surface area (Å²) in [6.07, 6.45) is 1.03. The van der Waals surface area contributed by atoms with Crippen LogP contribution in [0.1, 0.15) is 28.4 Å². The van der Waals surface area contributed by atoms with Crippen LogP contribution in [0.15, 0.2) is 41.2 Å². The van der Waals surface area contributed by atoms with E-state index in [1.54, 1.807) is 24.3 Å². The van der Waals surface area contributed by atoms with E-state index in [1.165, 1.54) is 14.2 Å². The van der Waals surface area contributed by atoms with E-state index in [-0.39, 0.29) is 17.4 Å². The number of hydrogen-bond donors (Lipinski definition) is 1. The van der Waals surface area contributed by atoms with Crippen LogP contribution in [0.2, 0.25) is 0 Å². The molecule has 1 N–H and O–H groups in total. The normalized spacial score (nSPS) is 19.9. The second-order valence-corrected chi connectivity index (χ2v) is 7.85. The molecule has 152 valence electrons. The predicted molar refractivity (Wildman–Crippen MR) is 113 cm³/mol. The second-order valence-electron chi connectivity index (χ2n) is 7.46. The Balaban J connectivity index is 1.49. The minimum absolute atomic E-state index is 0.0495. The number of nitrogens with one attached hydrogen (secondary N) is 1. The van der Waals surface area contributed by atoms with E-state index in [0.29, 0.717) is 41.2 Å². The Morgan fingerprint density at radius 1 is 1.10 bits per heavy atom. The summed E-state index contributed by atoms with van der Waals surface area (Å²) in [5.74, 6) is 1.32. The molecule has 1 amide bonds. The SMILES string of the molecule is COc1cc(OC)cc(C(=O)NC(=S)N2C[C@H]3C[C@H](C2)c2cccc(=O)n2C3)c1. The van der Waals surface area contributed by atoms with Gasteiger partial charge in [0.1, 0.15) is 11.5 Å². The van der Waals surface area contributed by atoms with Gasteiger partial charge in [0.25, 0.3) is 11.5 Å². The molecule has 0 saturated carbocycles. The number of fused-ring (bicyclic) bond motifs is 4. The average Bonchev–Trinajstić information content (AvgIpc) is 2.73. The Bertz CT molecular complexity index is 997. The zero-order valence-corrected chi connectivity index (χ0v) is 17.2. The van der Waals surface area contributed by atoms with Gasteiger partial charge in [-0.3, -0.25) is 14.9 Å². The molecule has 0 spiro atoms. The third-order valence-corrected chi connectivity index (χ3v) is 5.96. The highest BCUT2D eigenvalue weighted by Gasteiger charge is 2.35. The fourth-order valence-corrected chi connectivity index (χ4v) is 4.49. The van der Waals surface area contributed by atoms with Gasteiger partial charge in [-0.1, -0.05) is 6.07 Å². The topological polar surface area (TPSA) is 72.8 Å². The molecule has 3 heterocycles. The zero-order chi connectivity index (χ0) is 20.5. The van der Waals surface area contributed by atoms with Crippen molar-refractivity contribution in [2.75, 3.05) is 27.3 Å². The fraction of sp³-hybridized carbons (Fsp3) is 0.381. The van der Waals surface area contributed by atoms with Crippen LogP contribution >= 0.6 is 12.2 Å². The van der Waals surface area contributed by atoms with Crippen molar-refractivity contribution >= 4 is 23.2 Å². The van der Waals surface area contributed by atoms with Gasteiger partial charge in [0, 0.05) is 48.9 Å². The van der Waals surface area contributed by atoms with Crippen LogP contribution in [0, 0.1) is 5.92 Å². The lowest BCUT2D eigenvalue weighted by Gasteiger charge is -2.43. The third-order valence-electron chi connectivity index (χ3n) is 5.60. The van der Waals surface area contributed by atoms with E-state index < -0.39 is 0 Å². The molecule has 29 heavy (non-hydrogen) atoms. The number of methoxy groups -OCH3 is 2. The van der Waals surface area contributed by atoms with Crippen LogP contribution in [-0.2, 0) is 6.54 Å². The van der Waals surface area contributed by atoms with Crippen molar-refractivity contribution in [3.05, 3.63) is 58.0 Å². The molecule has 0 aliphatic carbocycles. The van der Waals surface area contributed by atoms with Gasteiger partial charge in [0.15, 0.2) is 5.11 Å². The molecule has 2 bridgehead atoms. The van der Waals surface area contributed by atoms with Crippen molar-refractivity contribution in [1.82, 2.24) is 14.8 Å². The molecule has 7 nitrogen and oxygen atoms in total. The molecule has 8 heteroatoms. The number of benzene rings is 1. The largest absolute Gasteiger partial charge is 0.497 e. The summed E-state index contributed by atoms with van der Waals surface area (Å²) in [4.78, 5) is 26.9. The minimum Gasteiger partial charge on any atom is -0.497 e. The van der Waals surface area contributed by atoms with Gasteiger partial charge in [-0.2, -0.15) is 0 Å². The van der Waals surface area contributed by atoms with Crippen LogP contribution in [-0.4, -0.2) is 47.8 Å². The lowest BCUT2D eigenvalue weighted by Crippen LogP contribution is -2.52. The summed E-state index contributed by atoms with van der Waals surface area (Å²) in [6.45, 7) is 2.09. The number of carbonyl (C=O) groups is 1. The molecular weight excluding hydrogens is 390 g/mol. The van der Waals surface area contributed by atoms with Gasteiger partial charge in [-0.25, -0.2) is 0 Å². The Morgan fingerprint density at radius 3 is 2.52 bits per heavy atom. The Hall–Kier alpha value is -2.87.